The van der Waals surface area contributed by atoms with E-state index >= 15 is 0 Å². The second kappa shape index (κ2) is 8.37. The van der Waals surface area contributed by atoms with Crippen LogP contribution in [0.5, 0.6) is 5.75 Å². The number of ether oxygens (including phenoxy) is 1. The SMILES string of the molecule is C#CC(=O)N1CCC(Oc2cnccc2-c2[nH]c3cccnc3c2-c2cccc(Cl)c2)C1. The van der Waals surface area contributed by atoms with Gasteiger partial charge in [0.1, 0.15) is 11.9 Å². The fourth-order valence-electron chi connectivity index (χ4n) is 4.11. The highest BCUT2D eigenvalue weighted by molar-refractivity contribution is 6.31. The zero-order chi connectivity index (χ0) is 22.1. The molecule has 1 saturated heterocycles. The van der Waals surface area contributed by atoms with E-state index in [1.807, 2.05) is 42.5 Å². The minimum absolute atomic E-state index is 0.160. The maximum absolute atomic E-state index is 11.8. The largest absolute Gasteiger partial charge is 0.486 e. The molecule has 1 aliphatic rings. The molecule has 1 atom stereocenters. The first-order valence-corrected chi connectivity index (χ1v) is 10.6. The highest BCUT2D eigenvalue weighted by atomic mass is 35.5. The number of carbonyl (C=O) groups is 1. The number of benzene rings is 1. The lowest BCUT2D eigenvalue weighted by Gasteiger charge is -2.17. The third-order valence-corrected chi connectivity index (χ3v) is 5.81. The van der Waals surface area contributed by atoms with E-state index in [1.165, 1.54) is 0 Å². The van der Waals surface area contributed by atoms with Crippen molar-refractivity contribution >= 4 is 28.5 Å². The lowest BCUT2D eigenvalue weighted by atomic mass is 10.0. The standard InChI is InChI=1S/C25H19ClN4O2/c1-2-22(31)30-12-9-18(15-30)32-21-14-27-11-8-19(21)24-23(16-5-3-6-17(26)13-16)25-20(29-24)7-4-10-28-25/h1,3-8,10-11,13-14,18,29H,9,12,15H2. The van der Waals surface area contributed by atoms with Crippen LogP contribution < -0.4 is 4.74 Å². The van der Waals surface area contributed by atoms with Gasteiger partial charge in [-0.25, -0.2) is 0 Å². The summed E-state index contributed by atoms with van der Waals surface area (Å²) in [5, 5.41) is 0.647. The number of amides is 1. The van der Waals surface area contributed by atoms with Gasteiger partial charge in [0.05, 0.1) is 29.5 Å². The van der Waals surface area contributed by atoms with Gasteiger partial charge in [0.15, 0.2) is 0 Å². The molecule has 0 saturated carbocycles. The quantitative estimate of drug-likeness (QED) is 0.470. The topological polar surface area (TPSA) is 71.1 Å². The summed E-state index contributed by atoms with van der Waals surface area (Å²) in [6, 6.07) is 13.5. The van der Waals surface area contributed by atoms with Crippen molar-refractivity contribution < 1.29 is 9.53 Å². The molecule has 5 rings (SSSR count). The number of nitrogens with zero attached hydrogens (tertiary/aromatic N) is 3. The lowest BCUT2D eigenvalue weighted by Crippen LogP contribution is -2.29. The van der Waals surface area contributed by atoms with Crippen molar-refractivity contribution in [3.8, 4) is 40.5 Å². The first-order chi connectivity index (χ1) is 15.6. The number of hydrogen-bond acceptors (Lipinski definition) is 4. The molecule has 1 aliphatic heterocycles. The Balaban J connectivity index is 1.58. The van der Waals surface area contributed by atoms with Gasteiger partial charge < -0.3 is 14.6 Å². The molecule has 0 spiro atoms. The molecule has 32 heavy (non-hydrogen) atoms. The Labute approximate surface area is 190 Å². The van der Waals surface area contributed by atoms with Crippen LogP contribution in [0.25, 0.3) is 33.4 Å². The van der Waals surface area contributed by atoms with E-state index in [0.717, 1.165) is 33.4 Å². The zero-order valence-electron chi connectivity index (χ0n) is 17.1. The van der Waals surface area contributed by atoms with Crippen molar-refractivity contribution in [2.45, 2.75) is 12.5 Å². The predicted octanol–water partition coefficient (Wildman–Crippen LogP) is 4.56. The van der Waals surface area contributed by atoms with Gasteiger partial charge in [-0.1, -0.05) is 23.7 Å². The molecule has 0 aliphatic carbocycles. The van der Waals surface area contributed by atoms with E-state index in [2.05, 4.69) is 20.9 Å². The summed E-state index contributed by atoms with van der Waals surface area (Å²) in [7, 11) is 0. The number of pyridine rings is 2. The maximum atomic E-state index is 11.8. The molecule has 3 aromatic heterocycles. The van der Waals surface area contributed by atoms with Gasteiger partial charge in [-0.05, 0) is 41.8 Å². The van der Waals surface area contributed by atoms with Crippen LogP contribution >= 0.6 is 11.6 Å². The van der Waals surface area contributed by atoms with E-state index in [1.54, 1.807) is 23.5 Å². The van der Waals surface area contributed by atoms with Crippen molar-refractivity contribution in [3.05, 3.63) is 66.1 Å². The molecule has 1 unspecified atom stereocenters. The van der Waals surface area contributed by atoms with Crippen LogP contribution in [0.1, 0.15) is 6.42 Å². The van der Waals surface area contributed by atoms with Crippen LogP contribution in [0.15, 0.2) is 61.1 Å². The summed E-state index contributed by atoms with van der Waals surface area (Å²) in [6.45, 7) is 1.03. The second-order valence-electron chi connectivity index (χ2n) is 7.58. The number of likely N-dealkylation sites (tertiary alicyclic amines) is 1. The Morgan fingerprint density at radius 2 is 2.16 bits per heavy atom. The molecule has 0 radical (unpaired) electrons. The number of aromatic amines is 1. The number of terminal acetylenes is 1. The number of rotatable bonds is 4. The van der Waals surface area contributed by atoms with Gasteiger partial charge in [0, 0.05) is 41.5 Å². The molecule has 1 aromatic carbocycles. The highest BCUT2D eigenvalue weighted by Crippen LogP contribution is 2.41. The van der Waals surface area contributed by atoms with Crippen molar-refractivity contribution in [3.63, 3.8) is 0 Å². The molecule has 4 heterocycles. The third kappa shape index (κ3) is 3.68. The van der Waals surface area contributed by atoms with Gasteiger partial charge in [-0.15, -0.1) is 6.42 Å². The molecular weight excluding hydrogens is 424 g/mol. The monoisotopic (exact) mass is 442 g/mol. The smallest absolute Gasteiger partial charge is 0.298 e. The maximum Gasteiger partial charge on any atom is 0.298 e. The van der Waals surface area contributed by atoms with Gasteiger partial charge in [-0.2, -0.15) is 0 Å². The Morgan fingerprint density at radius 1 is 1.25 bits per heavy atom. The molecule has 1 amide bonds. The van der Waals surface area contributed by atoms with Crippen LogP contribution in [-0.2, 0) is 4.79 Å². The summed E-state index contributed by atoms with van der Waals surface area (Å²) in [5.41, 5.74) is 5.37. The average molecular weight is 443 g/mol. The minimum atomic E-state index is -0.313. The van der Waals surface area contributed by atoms with Crippen LogP contribution in [0.4, 0.5) is 0 Å². The fraction of sp³-hybridized carbons (Fsp3) is 0.160. The van der Waals surface area contributed by atoms with Crippen molar-refractivity contribution in [2.75, 3.05) is 13.1 Å². The van der Waals surface area contributed by atoms with Gasteiger partial charge in [-0.3, -0.25) is 14.8 Å². The molecule has 1 fully saturated rings. The molecule has 1 N–H and O–H groups in total. The summed E-state index contributed by atoms with van der Waals surface area (Å²) >= 11 is 6.30. The van der Waals surface area contributed by atoms with E-state index in [4.69, 9.17) is 22.8 Å². The summed E-state index contributed by atoms with van der Waals surface area (Å²) in [6.07, 6.45) is 11.0. The van der Waals surface area contributed by atoms with E-state index in [9.17, 15) is 4.79 Å². The molecule has 4 aromatic rings. The Morgan fingerprint density at radius 3 is 3.00 bits per heavy atom. The zero-order valence-corrected chi connectivity index (χ0v) is 17.8. The summed E-state index contributed by atoms with van der Waals surface area (Å²) in [4.78, 5) is 25.8. The summed E-state index contributed by atoms with van der Waals surface area (Å²) < 4.78 is 6.30. The van der Waals surface area contributed by atoms with Crippen molar-refractivity contribution in [1.82, 2.24) is 19.9 Å². The number of fused-ring (bicyclic) bond motifs is 1. The number of H-pyrrole nitrogens is 1. The number of halogens is 1. The average Bonchev–Trinajstić information content (AvgIpc) is 3.43. The van der Waals surface area contributed by atoms with E-state index in [0.29, 0.717) is 30.3 Å². The van der Waals surface area contributed by atoms with Crippen molar-refractivity contribution in [2.24, 2.45) is 0 Å². The number of aromatic nitrogens is 3. The molecule has 6 nitrogen and oxygen atoms in total. The highest BCUT2D eigenvalue weighted by Gasteiger charge is 2.28. The number of hydrogen-bond donors (Lipinski definition) is 1. The Hall–Kier alpha value is -3.82. The van der Waals surface area contributed by atoms with Crippen LogP contribution in [0.3, 0.4) is 0 Å². The Bertz CT molecular complexity index is 1360. The number of nitrogens with one attached hydrogen (secondary N) is 1. The van der Waals surface area contributed by atoms with Crippen LogP contribution in [0, 0.1) is 12.3 Å². The van der Waals surface area contributed by atoms with Gasteiger partial charge >= 0.3 is 0 Å². The van der Waals surface area contributed by atoms with Gasteiger partial charge in [0.25, 0.3) is 5.91 Å². The van der Waals surface area contributed by atoms with E-state index < -0.39 is 0 Å². The fourth-order valence-corrected chi connectivity index (χ4v) is 4.30. The van der Waals surface area contributed by atoms with Gasteiger partial charge in [0.2, 0.25) is 0 Å². The van der Waals surface area contributed by atoms with Crippen molar-refractivity contribution in [1.29, 1.82) is 0 Å². The number of carbonyl (C=O) groups excluding carboxylic acids is 1. The summed E-state index contributed by atoms with van der Waals surface area (Å²) in [5.74, 6) is 2.48. The first kappa shape index (κ1) is 20.1. The second-order valence-corrected chi connectivity index (χ2v) is 8.02. The predicted molar refractivity (Wildman–Crippen MR) is 124 cm³/mol. The van der Waals surface area contributed by atoms with Crippen LogP contribution in [0.2, 0.25) is 5.02 Å². The molecular formula is C25H19ClN4O2. The third-order valence-electron chi connectivity index (χ3n) is 5.57. The normalized spacial score (nSPS) is 15.6. The lowest BCUT2D eigenvalue weighted by molar-refractivity contribution is -0.124. The Kier molecular flexibility index (Phi) is 5.26. The molecule has 0 bridgehead atoms. The molecule has 7 heteroatoms. The minimum Gasteiger partial charge on any atom is -0.486 e. The molecule has 158 valence electrons. The van der Waals surface area contributed by atoms with E-state index in [-0.39, 0.29) is 12.0 Å². The van der Waals surface area contributed by atoms with Crippen LogP contribution in [-0.4, -0.2) is 45.0 Å². The first-order valence-electron chi connectivity index (χ1n) is 10.2.